The van der Waals surface area contributed by atoms with Crippen LogP contribution in [0.25, 0.3) is 11.3 Å². The first-order valence-electron chi connectivity index (χ1n) is 8.11. The molecule has 8 heteroatoms. The first kappa shape index (κ1) is 19.1. The van der Waals surface area contributed by atoms with Gasteiger partial charge < -0.3 is 15.7 Å². The molecule has 0 saturated heterocycles. The van der Waals surface area contributed by atoms with Crippen LogP contribution in [0.2, 0.25) is 10.0 Å². The molecule has 0 bridgehead atoms. The molecule has 0 radical (unpaired) electrons. The van der Waals surface area contributed by atoms with Crippen LogP contribution in [-0.2, 0) is 0 Å². The molecule has 0 aliphatic heterocycles. The number of carbonyl (C=O) groups excluding carboxylic acids is 1. The third kappa shape index (κ3) is 4.74. The molecule has 2 heterocycles. The minimum Gasteiger partial charge on any atom is -0.395 e. The molecule has 0 fully saturated rings. The lowest BCUT2D eigenvalue weighted by atomic mass is 10.1. The fraction of sp³-hybridized carbons (Fsp3) is 0.105. The topological polar surface area (TPSA) is 87.1 Å². The van der Waals surface area contributed by atoms with Gasteiger partial charge in [0.15, 0.2) is 0 Å². The quantitative estimate of drug-likeness (QED) is 0.577. The van der Waals surface area contributed by atoms with Crippen LogP contribution in [0, 0.1) is 0 Å². The van der Waals surface area contributed by atoms with E-state index in [1.165, 1.54) is 12.3 Å². The second-order valence-electron chi connectivity index (χ2n) is 5.57. The number of nitrogens with zero attached hydrogens (tertiary/aromatic N) is 2. The van der Waals surface area contributed by atoms with E-state index in [4.69, 9.17) is 28.3 Å². The second kappa shape index (κ2) is 8.81. The van der Waals surface area contributed by atoms with Gasteiger partial charge in [0.05, 0.1) is 27.9 Å². The van der Waals surface area contributed by atoms with Gasteiger partial charge in [0.2, 0.25) is 0 Å². The average molecular weight is 403 g/mol. The van der Waals surface area contributed by atoms with E-state index in [0.717, 1.165) is 5.56 Å². The molecular formula is C19H16Cl2N4O2. The van der Waals surface area contributed by atoms with Crippen molar-refractivity contribution in [2.45, 2.75) is 0 Å². The summed E-state index contributed by atoms with van der Waals surface area (Å²) in [6, 6.07) is 12.2. The molecule has 0 spiro atoms. The molecule has 1 aromatic carbocycles. The predicted molar refractivity (Wildman–Crippen MR) is 107 cm³/mol. The van der Waals surface area contributed by atoms with E-state index >= 15 is 0 Å². The number of pyridine rings is 2. The number of hydrogen-bond acceptors (Lipinski definition) is 5. The molecule has 0 aliphatic carbocycles. The highest BCUT2D eigenvalue weighted by Gasteiger charge is 2.12. The van der Waals surface area contributed by atoms with E-state index in [9.17, 15) is 4.79 Å². The van der Waals surface area contributed by atoms with Gasteiger partial charge >= 0.3 is 0 Å². The highest BCUT2D eigenvalue weighted by molar-refractivity contribution is 6.34. The fourth-order valence-corrected chi connectivity index (χ4v) is 2.84. The van der Waals surface area contributed by atoms with Gasteiger partial charge in [-0.05, 0) is 36.4 Å². The van der Waals surface area contributed by atoms with Crippen molar-refractivity contribution in [2.24, 2.45) is 0 Å². The maximum atomic E-state index is 12.5. The Morgan fingerprint density at radius 2 is 1.93 bits per heavy atom. The molecule has 3 N–H and O–H groups in total. The maximum absolute atomic E-state index is 12.5. The highest BCUT2D eigenvalue weighted by Crippen LogP contribution is 2.29. The summed E-state index contributed by atoms with van der Waals surface area (Å²) >= 11 is 12.4. The summed E-state index contributed by atoms with van der Waals surface area (Å²) < 4.78 is 0. The standard InChI is InChI=1S/C19H16Cl2N4O2/c20-15-5-4-13(10-14(15)17-3-1-2-6-22-17)25-19(27)12-9-16(21)18(24-11-12)23-7-8-26/h1-6,9-11,26H,7-8H2,(H,23,24)(H,25,27). The van der Waals surface area contributed by atoms with Crippen LogP contribution in [0.1, 0.15) is 10.4 Å². The Labute approximate surface area is 166 Å². The Balaban J connectivity index is 1.79. The number of aliphatic hydroxyl groups excluding tert-OH is 1. The summed E-state index contributed by atoms with van der Waals surface area (Å²) in [5.74, 6) is 0.0543. The van der Waals surface area contributed by atoms with E-state index in [0.29, 0.717) is 39.4 Å². The number of nitrogens with one attached hydrogen (secondary N) is 2. The van der Waals surface area contributed by atoms with Crippen molar-refractivity contribution in [3.05, 3.63) is 70.5 Å². The monoisotopic (exact) mass is 402 g/mol. The third-order valence-electron chi connectivity index (χ3n) is 3.67. The number of amides is 1. The fourth-order valence-electron chi connectivity index (χ4n) is 2.39. The maximum Gasteiger partial charge on any atom is 0.257 e. The van der Waals surface area contributed by atoms with E-state index in [-0.39, 0.29) is 12.5 Å². The van der Waals surface area contributed by atoms with E-state index < -0.39 is 0 Å². The van der Waals surface area contributed by atoms with E-state index in [2.05, 4.69) is 20.6 Å². The minimum atomic E-state index is -0.354. The molecule has 0 atom stereocenters. The van der Waals surface area contributed by atoms with Crippen LogP contribution in [0.4, 0.5) is 11.5 Å². The number of carbonyl (C=O) groups is 1. The van der Waals surface area contributed by atoms with Crippen LogP contribution in [0.15, 0.2) is 54.9 Å². The summed E-state index contributed by atoms with van der Waals surface area (Å²) in [5.41, 5.74) is 2.31. The van der Waals surface area contributed by atoms with Gasteiger partial charge in [-0.3, -0.25) is 9.78 Å². The van der Waals surface area contributed by atoms with Crippen molar-refractivity contribution < 1.29 is 9.90 Å². The summed E-state index contributed by atoms with van der Waals surface area (Å²) in [7, 11) is 0. The Morgan fingerprint density at radius 3 is 2.63 bits per heavy atom. The highest BCUT2D eigenvalue weighted by atomic mass is 35.5. The number of hydrogen-bond donors (Lipinski definition) is 3. The second-order valence-corrected chi connectivity index (χ2v) is 6.38. The summed E-state index contributed by atoms with van der Waals surface area (Å²) in [4.78, 5) is 20.9. The zero-order valence-corrected chi connectivity index (χ0v) is 15.6. The zero-order valence-electron chi connectivity index (χ0n) is 14.1. The number of aromatic nitrogens is 2. The van der Waals surface area contributed by atoms with Crippen LogP contribution in [-0.4, -0.2) is 34.1 Å². The van der Waals surface area contributed by atoms with Gasteiger partial charge in [0, 0.05) is 30.2 Å². The van der Waals surface area contributed by atoms with Crippen molar-refractivity contribution in [2.75, 3.05) is 23.8 Å². The largest absolute Gasteiger partial charge is 0.395 e. The SMILES string of the molecule is O=C(Nc1ccc(Cl)c(-c2ccccn2)c1)c1cnc(NCCO)c(Cl)c1. The van der Waals surface area contributed by atoms with Crippen LogP contribution in [0.3, 0.4) is 0 Å². The van der Waals surface area contributed by atoms with Gasteiger partial charge in [-0.2, -0.15) is 0 Å². The number of halogens is 2. The van der Waals surface area contributed by atoms with Crippen LogP contribution in [0.5, 0.6) is 0 Å². The van der Waals surface area contributed by atoms with Gasteiger partial charge in [-0.15, -0.1) is 0 Å². The van der Waals surface area contributed by atoms with Gasteiger partial charge in [-0.25, -0.2) is 4.98 Å². The van der Waals surface area contributed by atoms with Crippen molar-refractivity contribution in [3.8, 4) is 11.3 Å². The predicted octanol–water partition coefficient (Wildman–Crippen LogP) is 4.11. The molecule has 0 aliphatic rings. The molecule has 0 unspecified atom stereocenters. The molecule has 6 nitrogen and oxygen atoms in total. The first-order valence-corrected chi connectivity index (χ1v) is 8.86. The molecular weight excluding hydrogens is 387 g/mol. The van der Waals surface area contributed by atoms with Crippen molar-refractivity contribution in [1.82, 2.24) is 9.97 Å². The molecule has 27 heavy (non-hydrogen) atoms. The van der Waals surface area contributed by atoms with E-state index in [1.54, 1.807) is 24.4 Å². The Kier molecular flexibility index (Phi) is 6.24. The third-order valence-corrected chi connectivity index (χ3v) is 4.29. The lowest BCUT2D eigenvalue weighted by molar-refractivity contribution is 0.102. The van der Waals surface area contributed by atoms with Crippen LogP contribution >= 0.6 is 23.2 Å². The summed E-state index contributed by atoms with van der Waals surface area (Å²) in [6.45, 7) is 0.273. The number of aliphatic hydroxyl groups is 1. The molecule has 138 valence electrons. The lowest BCUT2D eigenvalue weighted by Gasteiger charge is -2.10. The molecule has 3 aromatic rings. The van der Waals surface area contributed by atoms with Crippen LogP contribution < -0.4 is 10.6 Å². The number of rotatable bonds is 6. The Bertz CT molecular complexity index is 952. The number of anilines is 2. The summed E-state index contributed by atoms with van der Waals surface area (Å²) in [5, 5.41) is 15.3. The normalized spacial score (nSPS) is 10.5. The van der Waals surface area contributed by atoms with Crippen molar-refractivity contribution >= 4 is 40.6 Å². The van der Waals surface area contributed by atoms with Gasteiger partial charge in [0.25, 0.3) is 5.91 Å². The Morgan fingerprint density at radius 1 is 1.07 bits per heavy atom. The first-order chi connectivity index (χ1) is 13.1. The van der Waals surface area contributed by atoms with Crippen molar-refractivity contribution in [1.29, 1.82) is 0 Å². The van der Waals surface area contributed by atoms with Gasteiger partial charge in [0.1, 0.15) is 5.82 Å². The average Bonchev–Trinajstić information content (AvgIpc) is 2.69. The smallest absolute Gasteiger partial charge is 0.257 e. The van der Waals surface area contributed by atoms with Gasteiger partial charge in [-0.1, -0.05) is 29.3 Å². The molecule has 0 saturated carbocycles. The lowest BCUT2D eigenvalue weighted by Crippen LogP contribution is -2.13. The molecule has 1 amide bonds. The zero-order chi connectivity index (χ0) is 19.2. The van der Waals surface area contributed by atoms with Crippen molar-refractivity contribution in [3.63, 3.8) is 0 Å². The molecule has 3 rings (SSSR count). The number of benzene rings is 1. The van der Waals surface area contributed by atoms with E-state index in [1.807, 2.05) is 18.2 Å². The summed E-state index contributed by atoms with van der Waals surface area (Å²) in [6.07, 6.45) is 3.09. The minimum absolute atomic E-state index is 0.0462. The Hall–Kier alpha value is -2.67. The molecule has 2 aromatic heterocycles.